The van der Waals surface area contributed by atoms with Crippen molar-refractivity contribution in [3.05, 3.63) is 0 Å². The summed E-state index contributed by atoms with van der Waals surface area (Å²) in [6.45, 7) is 12.5. The average Bonchev–Trinajstić information content (AvgIpc) is 2.63. The zero-order chi connectivity index (χ0) is 13.4. The van der Waals surface area contributed by atoms with Gasteiger partial charge in [0, 0.05) is 32.8 Å². The van der Waals surface area contributed by atoms with E-state index in [0.29, 0.717) is 11.5 Å². The van der Waals surface area contributed by atoms with Crippen molar-refractivity contribution < 1.29 is 4.74 Å². The van der Waals surface area contributed by atoms with Gasteiger partial charge in [-0.1, -0.05) is 20.8 Å². The summed E-state index contributed by atoms with van der Waals surface area (Å²) in [6, 6.07) is 0. The van der Waals surface area contributed by atoms with E-state index < -0.39 is 0 Å². The van der Waals surface area contributed by atoms with E-state index in [1.807, 2.05) is 0 Å². The molecule has 0 aromatic rings. The highest BCUT2D eigenvalue weighted by molar-refractivity contribution is 4.84. The van der Waals surface area contributed by atoms with E-state index in [1.54, 1.807) is 0 Å². The molecule has 0 aliphatic carbocycles. The molecule has 1 aliphatic heterocycles. The largest absolute Gasteiger partial charge is 0.377 e. The van der Waals surface area contributed by atoms with Crippen LogP contribution >= 0.6 is 0 Å². The van der Waals surface area contributed by atoms with Gasteiger partial charge in [-0.15, -0.1) is 0 Å². The van der Waals surface area contributed by atoms with Crippen LogP contribution in [0, 0.1) is 5.41 Å². The molecule has 0 aromatic heterocycles. The van der Waals surface area contributed by atoms with E-state index in [9.17, 15) is 0 Å². The van der Waals surface area contributed by atoms with Crippen LogP contribution in [0.2, 0.25) is 0 Å². The average molecular weight is 256 g/mol. The van der Waals surface area contributed by atoms with Gasteiger partial charge in [-0.05, 0) is 38.1 Å². The highest BCUT2D eigenvalue weighted by Gasteiger charge is 2.29. The topological polar surface area (TPSA) is 24.5 Å². The Labute approximate surface area is 113 Å². The highest BCUT2D eigenvalue weighted by atomic mass is 16.5. The fourth-order valence-electron chi connectivity index (χ4n) is 2.99. The van der Waals surface area contributed by atoms with Crippen molar-refractivity contribution in [3.63, 3.8) is 0 Å². The van der Waals surface area contributed by atoms with Crippen molar-refractivity contribution in [2.75, 3.05) is 39.8 Å². The molecule has 0 bridgehead atoms. The molecule has 1 aliphatic rings. The quantitative estimate of drug-likeness (QED) is 0.757. The molecule has 1 fully saturated rings. The first kappa shape index (κ1) is 15.9. The summed E-state index contributed by atoms with van der Waals surface area (Å²) in [5.41, 5.74) is 0.428. The number of ether oxygens (including phenoxy) is 1. The standard InChI is InChI=1S/C15H32N2O/c1-5-14-11-17(9-8-10-18-14)13-15(6-2,7-3)12-16-4/h14,16H,5-13H2,1-4H3. The molecular weight excluding hydrogens is 224 g/mol. The lowest BCUT2D eigenvalue weighted by molar-refractivity contribution is 0.0432. The van der Waals surface area contributed by atoms with Gasteiger partial charge in [0.25, 0.3) is 0 Å². The normalized spacial score (nSPS) is 23.0. The lowest BCUT2D eigenvalue weighted by Crippen LogP contribution is -2.45. The van der Waals surface area contributed by atoms with Crippen LogP contribution in [0.25, 0.3) is 0 Å². The van der Waals surface area contributed by atoms with Gasteiger partial charge >= 0.3 is 0 Å². The van der Waals surface area contributed by atoms with Crippen LogP contribution in [0.4, 0.5) is 0 Å². The Hall–Kier alpha value is -0.120. The first-order valence-electron chi connectivity index (χ1n) is 7.68. The Morgan fingerprint density at radius 2 is 2.00 bits per heavy atom. The number of nitrogens with one attached hydrogen (secondary N) is 1. The van der Waals surface area contributed by atoms with Gasteiger partial charge in [0.15, 0.2) is 0 Å². The van der Waals surface area contributed by atoms with Crippen LogP contribution in [-0.4, -0.2) is 50.8 Å². The monoisotopic (exact) mass is 256 g/mol. The molecule has 0 spiro atoms. The van der Waals surface area contributed by atoms with Crippen LogP contribution in [0.5, 0.6) is 0 Å². The molecule has 0 radical (unpaired) electrons. The maximum atomic E-state index is 5.87. The van der Waals surface area contributed by atoms with Crippen molar-refractivity contribution in [1.82, 2.24) is 10.2 Å². The summed E-state index contributed by atoms with van der Waals surface area (Å²) in [5.74, 6) is 0. The maximum absolute atomic E-state index is 5.87. The van der Waals surface area contributed by atoms with Crippen LogP contribution in [0.3, 0.4) is 0 Å². The van der Waals surface area contributed by atoms with E-state index in [0.717, 1.165) is 26.1 Å². The van der Waals surface area contributed by atoms with Crippen molar-refractivity contribution in [2.45, 2.75) is 52.6 Å². The lowest BCUT2D eigenvalue weighted by atomic mass is 9.81. The Morgan fingerprint density at radius 1 is 1.28 bits per heavy atom. The molecule has 3 heteroatoms. The lowest BCUT2D eigenvalue weighted by Gasteiger charge is -2.37. The molecule has 1 rings (SSSR count). The summed E-state index contributed by atoms with van der Waals surface area (Å²) in [5, 5.41) is 3.38. The van der Waals surface area contributed by atoms with Crippen molar-refractivity contribution in [2.24, 2.45) is 5.41 Å². The highest BCUT2D eigenvalue weighted by Crippen LogP contribution is 2.27. The summed E-state index contributed by atoms with van der Waals surface area (Å²) in [4.78, 5) is 2.63. The molecule has 1 unspecified atom stereocenters. The molecule has 0 aromatic carbocycles. The summed E-state index contributed by atoms with van der Waals surface area (Å²) in [7, 11) is 2.07. The van der Waals surface area contributed by atoms with Gasteiger partial charge in [-0.2, -0.15) is 0 Å². The summed E-state index contributed by atoms with van der Waals surface area (Å²) in [6.07, 6.45) is 5.25. The number of hydrogen-bond donors (Lipinski definition) is 1. The molecule has 108 valence electrons. The third-order valence-corrected chi connectivity index (χ3v) is 4.50. The maximum Gasteiger partial charge on any atom is 0.0699 e. The zero-order valence-electron chi connectivity index (χ0n) is 12.8. The van der Waals surface area contributed by atoms with Gasteiger partial charge in [-0.25, -0.2) is 0 Å². The van der Waals surface area contributed by atoms with Crippen LogP contribution < -0.4 is 5.32 Å². The minimum atomic E-state index is 0.428. The molecular formula is C15H32N2O. The fourth-order valence-corrected chi connectivity index (χ4v) is 2.99. The Kier molecular flexibility index (Phi) is 7.20. The first-order valence-corrected chi connectivity index (χ1v) is 7.68. The molecule has 1 heterocycles. The predicted octanol–water partition coefficient (Wildman–Crippen LogP) is 2.51. The minimum Gasteiger partial charge on any atom is -0.377 e. The second-order valence-corrected chi connectivity index (χ2v) is 5.73. The van der Waals surface area contributed by atoms with Crippen molar-refractivity contribution in [3.8, 4) is 0 Å². The summed E-state index contributed by atoms with van der Waals surface area (Å²) < 4.78 is 5.87. The second-order valence-electron chi connectivity index (χ2n) is 5.73. The number of rotatable bonds is 7. The van der Waals surface area contributed by atoms with Crippen LogP contribution in [0.15, 0.2) is 0 Å². The smallest absolute Gasteiger partial charge is 0.0699 e. The molecule has 1 atom stereocenters. The van der Waals surface area contributed by atoms with Gasteiger partial charge < -0.3 is 15.0 Å². The molecule has 0 saturated carbocycles. The van der Waals surface area contributed by atoms with E-state index in [1.165, 1.54) is 32.4 Å². The zero-order valence-corrected chi connectivity index (χ0v) is 12.8. The van der Waals surface area contributed by atoms with E-state index in [-0.39, 0.29) is 0 Å². The predicted molar refractivity (Wildman–Crippen MR) is 78.0 cm³/mol. The molecule has 0 amide bonds. The molecule has 1 saturated heterocycles. The third-order valence-electron chi connectivity index (χ3n) is 4.50. The Morgan fingerprint density at radius 3 is 2.56 bits per heavy atom. The SMILES string of the molecule is CCC1CN(CC(CC)(CC)CNC)CCCO1. The van der Waals surface area contributed by atoms with E-state index in [2.05, 4.69) is 38.0 Å². The van der Waals surface area contributed by atoms with Gasteiger partial charge in [0.2, 0.25) is 0 Å². The second kappa shape index (κ2) is 8.13. The Balaban J connectivity index is 2.60. The van der Waals surface area contributed by atoms with Crippen molar-refractivity contribution in [1.29, 1.82) is 0 Å². The first-order chi connectivity index (χ1) is 8.69. The van der Waals surface area contributed by atoms with Crippen LogP contribution in [0.1, 0.15) is 46.5 Å². The molecule has 1 N–H and O–H groups in total. The Bertz CT molecular complexity index is 217. The van der Waals surface area contributed by atoms with Gasteiger partial charge in [-0.3, -0.25) is 0 Å². The molecule has 18 heavy (non-hydrogen) atoms. The van der Waals surface area contributed by atoms with Gasteiger partial charge in [0.1, 0.15) is 0 Å². The van der Waals surface area contributed by atoms with Crippen LogP contribution in [-0.2, 0) is 4.74 Å². The van der Waals surface area contributed by atoms with E-state index >= 15 is 0 Å². The fraction of sp³-hybridized carbons (Fsp3) is 1.00. The minimum absolute atomic E-state index is 0.428. The van der Waals surface area contributed by atoms with E-state index in [4.69, 9.17) is 4.74 Å². The van der Waals surface area contributed by atoms with Gasteiger partial charge in [0.05, 0.1) is 6.10 Å². The number of hydrogen-bond acceptors (Lipinski definition) is 3. The molecule has 3 nitrogen and oxygen atoms in total. The third kappa shape index (κ3) is 4.52. The number of nitrogens with zero attached hydrogens (tertiary/aromatic N) is 1. The summed E-state index contributed by atoms with van der Waals surface area (Å²) >= 11 is 0. The van der Waals surface area contributed by atoms with Crippen molar-refractivity contribution >= 4 is 0 Å².